The van der Waals surface area contributed by atoms with Crippen molar-refractivity contribution < 1.29 is 4.65 Å². The molecule has 0 spiro atoms. The van der Waals surface area contributed by atoms with E-state index < -0.39 is 0 Å². The van der Waals surface area contributed by atoms with Gasteiger partial charge in [0.25, 0.3) is 0 Å². The van der Waals surface area contributed by atoms with Gasteiger partial charge in [-0.25, -0.2) is 4.98 Å². The molecule has 5 rings (SSSR count). The van der Waals surface area contributed by atoms with E-state index in [1.54, 1.807) is 10.9 Å². The lowest BCUT2D eigenvalue weighted by Crippen LogP contribution is -2.19. The van der Waals surface area contributed by atoms with Crippen LogP contribution in [0.2, 0.25) is 0 Å². The van der Waals surface area contributed by atoms with Gasteiger partial charge in [-0.05, 0) is 23.3 Å². The molecule has 168 valence electrons. The molecule has 4 nitrogen and oxygen atoms in total. The highest BCUT2D eigenvalue weighted by Crippen LogP contribution is 2.26. The molecule has 0 bridgehead atoms. The van der Waals surface area contributed by atoms with E-state index in [0.29, 0.717) is 11.7 Å². The van der Waals surface area contributed by atoms with Crippen LogP contribution in [0.25, 0.3) is 29.2 Å². The Hall–Kier alpha value is -4.64. The van der Waals surface area contributed by atoms with Crippen LogP contribution < -0.4 is 4.65 Å². The standard InChI is InChI=1S/C30H24BN3O/c1-4-12-25(13-5-1)19-21-31(22-20-26-14-6-2-7-15-26)35-30-24-28(27-16-8-3-9-17-27)33-34(30)29-18-10-11-23-32-29/h1-24H/b21-19+,22-20+. The molecule has 0 aliphatic carbocycles. The van der Waals surface area contributed by atoms with Crippen molar-refractivity contribution in [1.29, 1.82) is 0 Å². The molecule has 0 aliphatic heterocycles. The first-order chi connectivity index (χ1) is 17.3. The lowest BCUT2D eigenvalue weighted by molar-refractivity contribution is 0.532. The van der Waals surface area contributed by atoms with Gasteiger partial charge in [-0.15, -0.1) is 0 Å². The first kappa shape index (κ1) is 22.2. The Kier molecular flexibility index (Phi) is 6.96. The van der Waals surface area contributed by atoms with Gasteiger partial charge in [0.15, 0.2) is 5.82 Å². The molecule has 0 atom stereocenters. The fourth-order valence-electron chi connectivity index (χ4n) is 3.66. The van der Waals surface area contributed by atoms with Crippen LogP contribution in [0.1, 0.15) is 11.1 Å². The number of hydrogen-bond acceptors (Lipinski definition) is 3. The molecule has 3 aromatic carbocycles. The molecule has 0 aliphatic rings. The summed E-state index contributed by atoms with van der Waals surface area (Å²) >= 11 is 0. The number of rotatable bonds is 8. The Morgan fingerprint density at radius 2 is 1.23 bits per heavy atom. The summed E-state index contributed by atoms with van der Waals surface area (Å²) in [7, 11) is 0. The SMILES string of the molecule is C(=C\c1ccccc1)/B(/C=C/c1ccccc1)Oc1cc(-c2ccccc2)nn1-c1ccccn1. The topological polar surface area (TPSA) is 39.9 Å². The summed E-state index contributed by atoms with van der Waals surface area (Å²) in [6.45, 7) is -0.321. The minimum atomic E-state index is -0.321. The van der Waals surface area contributed by atoms with Gasteiger partial charge in [-0.3, -0.25) is 0 Å². The maximum atomic E-state index is 6.53. The summed E-state index contributed by atoms with van der Waals surface area (Å²) in [6.07, 6.45) is 5.89. The molecule has 0 fully saturated rings. The molecular weight excluding hydrogens is 429 g/mol. The minimum absolute atomic E-state index is 0.321. The van der Waals surface area contributed by atoms with E-state index in [9.17, 15) is 0 Å². The van der Waals surface area contributed by atoms with Crippen LogP contribution in [0.15, 0.2) is 133 Å². The van der Waals surface area contributed by atoms with E-state index in [0.717, 1.165) is 22.4 Å². The van der Waals surface area contributed by atoms with Crippen molar-refractivity contribution in [3.8, 4) is 23.0 Å². The first-order valence-electron chi connectivity index (χ1n) is 11.6. The predicted molar refractivity (Wildman–Crippen MR) is 144 cm³/mol. The molecule has 2 heterocycles. The van der Waals surface area contributed by atoms with Crippen molar-refractivity contribution in [2.24, 2.45) is 0 Å². The fourth-order valence-corrected chi connectivity index (χ4v) is 3.66. The largest absolute Gasteiger partial charge is 0.539 e. The Balaban J connectivity index is 1.51. The lowest BCUT2D eigenvalue weighted by Gasteiger charge is -2.11. The molecule has 2 aromatic heterocycles. The van der Waals surface area contributed by atoms with E-state index in [-0.39, 0.29) is 6.92 Å². The second-order valence-electron chi connectivity index (χ2n) is 7.96. The molecule has 0 unspecified atom stereocenters. The summed E-state index contributed by atoms with van der Waals surface area (Å²) in [5, 5.41) is 4.82. The van der Waals surface area contributed by atoms with Crippen molar-refractivity contribution in [3.63, 3.8) is 0 Å². The molecule has 5 heteroatoms. The third kappa shape index (κ3) is 5.84. The molecule has 0 saturated carbocycles. The summed E-state index contributed by atoms with van der Waals surface area (Å²) in [4.78, 5) is 4.50. The maximum Gasteiger partial charge on any atom is 0.413 e. The molecule has 0 radical (unpaired) electrons. The van der Waals surface area contributed by atoms with Crippen LogP contribution in [0.3, 0.4) is 0 Å². The Morgan fingerprint density at radius 1 is 0.657 bits per heavy atom. The third-order valence-electron chi connectivity index (χ3n) is 5.43. The number of benzene rings is 3. The van der Waals surface area contributed by atoms with Gasteiger partial charge >= 0.3 is 6.92 Å². The van der Waals surface area contributed by atoms with Gasteiger partial charge in [-0.2, -0.15) is 9.78 Å². The number of aromatic nitrogens is 3. The fraction of sp³-hybridized carbons (Fsp3) is 0. The average Bonchev–Trinajstić information content (AvgIpc) is 3.36. The van der Waals surface area contributed by atoms with Crippen molar-refractivity contribution in [2.75, 3.05) is 0 Å². The van der Waals surface area contributed by atoms with Crippen LogP contribution in [0, 0.1) is 0 Å². The highest BCUT2D eigenvalue weighted by atomic mass is 16.4. The quantitative estimate of drug-likeness (QED) is 0.242. The number of nitrogens with zero attached hydrogens (tertiary/aromatic N) is 3. The minimum Gasteiger partial charge on any atom is -0.539 e. The third-order valence-corrected chi connectivity index (χ3v) is 5.43. The van der Waals surface area contributed by atoms with E-state index >= 15 is 0 Å². The van der Waals surface area contributed by atoms with Gasteiger partial charge in [0.1, 0.15) is 0 Å². The highest BCUT2D eigenvalue weighted by Gasteiger charge is 2.18. The van der Waals surface area contributed by atoms with Crippen LogP contribution in [0.5, 0.6) is 5.88 Å². The second kappa shape index (κ2) is 11.0. The van der Waals surface area contributed by atoms with Crippen molar-refractivity contribution in [3.05, 3.63) is 145 Å². The second-order valence-corrected chi connectivity index (χ2v) is 7.96. The predicted octanol–water partition coefficient (Wildman–Crippen LogP) is 6.81. The first-order valence-corrected chi connectivity index (χ1v) is 11.6. The maximum absolute atomic E-state index is 6.53. The zero-order chi connectivity index (χ0) is 23.7. The van der Waals surface area contributed by atoms with E-state index in [2.05, 4.69) is 41.4 Å². The molecule has 0 amide bonds. The Labute approximate surface area is 206 Å². The summed E-state index contributed by atoms with van der Waals surface area (Å²) < 4.78 is 8.28. The van der Waals surface area contributed by atoms with Gasteiger partial charge < -0.3 is 4.65 Å². The smallest absolute Gasteiger partial charge is 0.413 e. The van der Waals surface area contributed by atoms with Crippen LogP contribution >= 0.6 is 0 Å². The van der Waals surface area contributed by atoms with Crippen LogP contribution in [0.4, 0.5) is 0 Å². The van der Waals surface area contributed by atoms with E-state index in [1.165, 1.54) is 0 Å². The molecule has 35 heavy (non-hydrogen) atoms. The molecule has 0 saturated heterocycles. The summed E-state index contributed by atoms with van der Waals surface area (Å²) in [5.74, 6) is 5.41. The van der Waals surface area contributed by atoms with Crippen molar-refractivity contribution in [2.45, 2.75) is 0 Å². The molecule has 5 aromatic rings. The number of hydrogen-bond donors (Lipinski definition) is 0. The number of pyridine rings is 1. The van der Waals surface area contributed by atoms with E-state index in [4.69, 9.17) is 9.75 Å². The zero-order valence-electron chi connectivity index (χ0n) is 19.2. The zero-order valence-corrected chi connectivity index (χ0v) is 19.2. The van der Waals surface area contributed by atoms with Crippen molar-refractivity contribution in [1.82, 2.24) is 14.8 Å². The normalized spacial score (nSPS) is 11.2. The summed E-state index contributed by atoms with van der Waals surface area (Å²) in [5.41, 5.74) is 4.06. The van der Waals surface area contributed by atoms with Gasteiger partial charge in [0.05, 0.1) is 5.69 Å². The van der Waals surface area contributed by atoms with Crippen LogP contribution in [-0.4, -0.2) is 21.7 Å². The molecule has 0 N–H and O–H groups in total. The Bertz CT molecular complexity index is 1350. The van der Waals surface area contributed by atoms with Gasteiger partial charge in [-0.1, -0.05) is 121 Å². The Morgan fingerprint density at radius 3 is 1.80 bits per heavy atom. The van der Waals surface area contributed by atoms with E-state index in [1.807, 2.05) is 103 Å². The summed E-state index contributed by atoms with van der Waals surface area (Å²) in [6, 6.07) is 38.2. The van der Waals surface area contributed by atoms with Crippen molar-refractivity contribution >= 4 is 19.1 Å². The van der Waals surface area contributed by atoms with Gasteiger partial charge in [0.2, 0.25) is 5.88 Å². The highest BCUT2D eigenvalue weighted by molar-refractivity contribution is 6.65. The van der Waals surface area contributed by atoms with Crippen LogP contribution in [-0.2, 0) is 0 Å². The monoisotopic (exact) mass is 453 g/mol. The van der Waals surface area contributed by atoms with Gasteiger partial charge in [0, 0.05) is 17.8 Å². The lowest BCUT2D eigenvalue weighted by atomic mass is 9.67. The average molecular weight is 453 g/mol. The molecular formula is C30H24BN3O.